The second kappa shape index (κ2) is 5.32. The highest BCUT2D eigenvalue weighted by molar-refractivity contribution is 7.92. The van der Waals surface area contributed by atoms with Gasteiger partial charge in [0.25, 0.3) is 9.84 Å². The second-order valence-electron chi connectivity index (χ2n) is 4.09. The summed E-state index contributed by atoms with van der Waals surface area (Å²) in [5, 5.41) is 0. The van der Waals surface area contributed by atoms with E-state index in [1.54, 1.807) is 6.92 Å². The van der Waals surface area contributed by atoms with Crippen molar-refractivity contribution in [3.63, 3.8) is 0 Å². The van der Waals surface area contributed by atoms with E-state index < -0.39 is 26.2 Å². The van der Waals surface area contributed by atoms with Crippen molar-refractivity contribution in [2.24, 2.45) is 0 Å². The van der Waals surface area contributed by atoms with Gasteiger partial charge in [0.2, 0.25) is 0 Å². The summed E-state index contributed by atoms with van der Waals surface area (Å²) in [6, 6.07) is 4.25. The maximum Gasteiger partial charge on any atom is 0.501 e. The van der Waals surface area contributed by atoms with Gasteiger partial charge in [0.05, 0.1) is 4.90 Å². The molecule has 1 rings (SSSR count). The van der Waals surface area contributed by atoms with Crippen LogP contribution in [0.2, 0.25) is 0 Å². The van der Waals surface area contributed by atoms with E-state index in [9.17, 15) is 26.4 Å². The molecule has 0 aliphatic heterocycles. The van der Waals surface area contributed by atoms with Crippen LogP contribution in [0.4, 0.5) is 13.2 Å². The van der Waals surface area contributed by atoms with Crippen molar-refractivity contribution in [1.29, 1.82) is 0 Å². The van der Waals surface area contributed by atoms with Crippen LogP contribution in [0.25, 0.3) is 0 Å². The number of carbonyl (C=O) groups is 1. The smallest absolute Gasteiger partial charge is 0.299 e. The number of alkyl halides is 3. The Hall–Kier alpha value is -1.37. The molecule has 1 unspecified atom stereocenters. The number of Topliss-reactive ketones (excluding diaryl/α,β-unsaturated/α-hetero) is 1. The van der Waals surface area contributed by atoms with E-state index in [2.05, 4.69) is 0 Å². The Labute approximate surface area is 109 Å². The molecule has 0 radical (unpaired) electrons. The summed E-state index contributed by atoms with van der Waals surface area (Å²) in [5.74, 6) is -0.545. The van der Waals surface area contributed by atoms with Gasteiger partial charge in [-0.1, -0.05) is 19.1 Å². The molecule has 0 bridgehead atoms. The minimum Gasteiger partial charge on any atom is -0.299 e. The topological polar surface area (TPSA) is 51.2 Å². The molecule has 0 spiro atoms. The highest BCUT2D eigenvalue weighted by Crippen LogP contribution is 2.31. The Balaban J connectivity index is 3.17. The highest BCUT2D eigenvalue weighted by Gasteiger charge is 2.46. The fraction of sp³-hybridized carbons (Fsp3) is 0.417. The number of halogens is 3. The first-order chi connectivity index (χ1) is 8.61. The summed E-state index contributed by atoms with van der Waals surface area (Å²) in [6.45, 7) is 3.15. The molecular formula is C12H13F3O3S. The molecule has 19 heavy (non-hydrogen) atoms. The normalized spacial score (nSPS) is 14.2. The maximum atomic E-state index is 12.3. The van der Waals surface area contributed by atoms with Crippen LogP contribution in [0.15, 0.2) is 29.2 Å². The number of sulfone groups is 1. The van der Waals surface area contributed by atoms with Gasteiger partial charge in [0.15, 0.2) is 0 Å². The number of benzene rings is 1. The van der Waals surface area contributed by atoms with E-state index in [-0.39, 0.29) is 5.78 Å². The van der Waals surface area contributed by atoms with Gasteiger partial charge in [-0.15, -0.1) is 0 Å². The molecule has 0 aromatic heterocycles. The largest absolute Gasteiger partial charge is 0.501 e. The Morgan fingerprint density at radius 3 is 2.00 bits per heavy atom. The van der Waals surface area contributed by atoms with Crippen LogP contribution in [0.1, 0.15) is 31.7 Å². The van der Waals surface area contributed by atoms with Gasteiger partial charge in [-0.05, 0) is 31.0 Å². The molecule has 1 aromatic rings. The third-order valence-electron chi connectivity index (χ3n) is 2.80. The molecule has 0 aliphatic rings. The Bertz CT molecular complexity index is 559. The highest BCUT2D eigenvalue weighted by atomic mass is 32.2. The van der Waals surface area contributed by atoms with Crippen molar-refractivity contribution < 1.29 is 26.4 Å². The van der Waals surface area contributed by atoms with Gasteiger partial charge in [-0.3, -0.25) is 4.79 Å². The molecule has 3 nitrogen and oxygen atoms in total. The molecule has 0 aliphatic carbocycles. The molecule has 0 amide bonds. The molecule has 0 N–H and O–H groups in total. The van der Waals surface area contributed by atoms with E-state index in [0.717, 1.165) is 12.1 Å². The summed E-state index contributed by atoms with van der Waals surface area (Å²) >= 11 is 0. The lowest BCUT2D eigenvalue weighted by atomic mass is 9.93. The Morgan fingerprint density at radius 1 is 1.21 bits per heavy atom. The minimum absolute atomic E-state index is 0.117. The van der Waals surface area contributed by atoms with Crippen LogP contribution in [0.3, 0.4) is 0 Å². The summed E-state index contributed by atoms with van der Waals surface area (Å²) in [5.41, 5.74) is -4.81. The third kappa shape index (κ3) is 3.15. The van der Waals surface area contributed by atoms with Gasteiger partial charge < -0.3 is 0 Å². The molecule has 0 saturated carbocycles. The van der Waals surface area contributed by atoms with Crippen molar-refractivity contribution in [3.05, 3.63) is 29.8 Å². The molecule has 106 valence electrons. The SMILES string of the molecule is CCC(C(C)=O)c1ccc(S(=O)(=O)C(F)(F)F)cc1. The second-order valence-corrected chi connectivity index (χ2v) is 6.03. The molecule has 1 atom stereocenters. The number of ketones is 1. The van der Waals surface area contributed by atoms with E-state index in [4.69, 9.17) is 0 Å². The first-order valence-electron chi connectivity index (χ1n) is 5.53. The van der Waals surface area contributed by atoms with Crippen molar-refractivity contribution in [1.82, 2.24) is 0 Å². The first-order valence-corrected chi connectivity index (χ1v) is 7.01. The molecule has 0 saturated heterocycles. The minimum atomic E-state index is -5.33. The average Bonchev–Trinajstić information content (AvgIpc) is 2.28. The fourth-order valence-corrected chi connectivity index (χ4v) is 2.53. The van der Waals surface area contributed by atoms with Crippen molar-refractivity contribution in [2.45, 2.75) is 36.6 Å². The third-order valence-corrected chi connectivity index (χ3v) is 4.30. The number of hydrogen-bond donors (Lipinski definition) is 0. The zero-order valence-corrected chi connectivity index (χ0v) is 11.2. The van der Waals surface area contributed by atoms with Crippen molar-refractivity contribution in [3.8, 4) is 0 Å². The predicted octanol–water partition coefficient (Wildman–Crippen LogP) is 3.06. The molecule has 7 heteroatoms. The van der Waals surface area contributed by atoms with Gasteiger partial charge in [-0.2, -0.15) is 13.2 Å². The van der Waals surface area contributed by atoms with E-state index in [1.807, 2.05) is 0 Å². The van der Waals surface area contributed by atoms with Crippen LogP contribution >= 0.6 is 0 Å². The van der Waals surface area contributed by atoms with Crippen LogP contribution in [-0.2, 0) is 14.6 Å². The van der Waals surface area contributed by atoms with Crippen molar-refractivity contribution in [2.75, 3.05) is 0 Å². The van der Waals surface area contributed by atoms with E-state index in [1.165, 1.54) is 19.1 Å². The van der Waals surface area contributed by atoms with Gasteiger partial charge in [0, 0.05) is 5.92 Å². The lowest BCUT2D eigenvalue weighted by Gasteiger charge is -2.13. The number of rotatable bonds is 4. The summed E-state index contributed by atoms with van der Waals surface area (Å²) < 4.78 is 59.3. The van der Waals surface area contributed by atoms with Crippen molar-refractivity contribution >= 4 is 15.6 Å². The van der Waals surface area contributed by atoms with E-state index >= 15 is 0 Å². The summed E-state index contributed by atoms with van der Waals surface area (Å²) in [4.78, 5) is 10.5. The maximum absolute atomic E-state index is 12.3. The lowest BCUT2D eigenvalue weighted by Crippen LogP contribution is -2.23. The monoisotopic (exact) mass is 294 g/mol. The van der Waals surface area contributed by atoms with Crippen LogP contribution in [-0.4, -0.2) is 19.7 Å². The molecular weight excluding hydrogens is 281 g/mol. The first kappa shape index (κ1) is 15.7. The average molecular weight is 294 g/mol. The summed E-state index contributed by atoms with van der Waals surface area (Å²) in [6.07, 6.45) is 0.501. The van der Waals surface area contributed by atoms with Gasteiger partial charge in [-0.25, -0.2) is 8.42 Å². The lowest BCUT2D eigenvalue weighted by molar-refractivity contribution is -0.118. The zero-order valence-electron chi connectivity index (χ0n) is 10.4. The predicted molar refractivity (Wildman–Crippen MR) is 63.4 cm³/mol. The number of hydrogen-bond acceptors (Lipinski definition) is 3. The molecule has 0 heterocycles. The number of carbonyl (C=O) groups excluding carboxylic acids is 1. The Kier molecular flexibility index (Phi) is 4.39. The fourth-order valence-electron chi connectivity index (χ4n) is 1.77. The van der Waals surface area contributed by atoms with Gasteiger partial charge in [0.1, 0.15) is 5.78 Å². The van der Waals surface area contributed by atoms with Crippen LogP contribution in [0.5, 0.6) is 0 Å². The summed E-state index contributed by atoms with van der Waals surface area (Å²) in [7, 11) is -5.33. The zero-order chi connectivity index (χ0) is 14.8. The standard InChI is InChI=1S/C12H13F3O3S/c1-3-11(8(2)16)9-4-6-10(7-5-9)19(17,18)12(13,14)15/h4-7,11H,3H2,1-2H3. The van der Waals surface area contributed by atoms with Crippen LogP contribution in [0, 0.1) is 0 Å². The van der Waals surface area contributed by atoms with Crippen LogP contribution < -0.4 is 0 Å². The Morgan fingerprint density at radius 2 is 1.68 bits per heavy atom. The van der Waals surface area contributed by atoms with E-state index in [0.29, 0.717) is 12.0 Å². The quantitative estimate of drug-likeness (QED) is 0.857. The molecule has 0 fully saturated rings. The van der Waals surface area contributed by atoms with Gasteiger partial charge >= 0.3 is 5.51 Å². The molecule has 1 aromatic carbocycles.